The largest absolute Gasteiger partial charge is 0.455 e. The quantitative estimate of drug-likeness (QED) is 0.343. The Morgan fingerprint density at radius 1 is 1.73 bits per heavy atom. The van der Waals surface area contributed by atoms with Gasteiger partial charge in [0, 0.05) is 6.08 Å². The molecule has 0 aromatic carbocycles. The van der Waals surface area contributed by atoms with Gasteiger partial charge in [0.1, 0.15) is 6.10 Å². The van der Waals surface area contributed by atoms with Crippen LogP contribution in [-0.4, -0.2) is 12.1 Å². The average molecular weight is 152 g/mol. The van der Waals surface area contributed by atoms with Gasteiger partial charge in [0.2, 0.25) is 0 Å². The molecular weight excluding hydrogens is 140 g/mol. The molecule has 0 aliphatic heterocycles. The van der Waals surface area contributed by atoms with E-state index >= 15 is 0 Å². The van der Waals surface area contributed by atoms with Crippen LogP contribution < -0.4 is 0 Å². The molecule has 1 atom stereocenters. The predicted molar refractivity (Wildman–Crippen MR) is 43.1 cm³/mol. The predicted octanol–water partition coefficient (Wildman–Crippen LogP) is 1.82. The molecule has 1 aliphatic rings. The molecule has 0 aromatic rings. The molecule has 0 fully saturated rings. The van der Waals surface area contributed by atoms with Crippen LogP contribution in [0.25, 0.3) is 0 Å². The third-order valence-corrected chi connectivity index (χ3v) is 1.64. The van der Waals surface area contributed by atoms with Crippen molar-refractivity contribution in [3.05, 3.63) is 24.8 Å². The normalized spacial score (nSPS) is 22.7. The van der Waals surface area contributed by atoms with Crippen molar-refractivity contribution in [3.63, 3.8) is 0 Å². The van der Waals surface area contributed by atoms with E-state index in [0.717, 1.165) is 19.3 Å². The van der Waals surface area contributed by atoms with Crippen molar-refractivity contribution in [2.24, 2.45) is 0 Å². The Kier molecular flexibility index (Phi) is 2.90. The number of carbonyl (C=O) groups is 1. The van der Waals surface area contributed by atoms with Crippen LogP contribution in [0.3, 0.4) is 0 Å². The monoisotopic (exact) mass is 152 g/mol. The second-order valence-electron chi connectivity index (χ2n) is 2.54. The molecule has 2 heteroatoms. The van der Waals surface area contributed by atoms with E-state index in [2.05, 4.69) is 6.58 Å². The summed E-state index contributed by atoms with van der Waals surface area (Å²) < 4.78 is 5.00. The summed E-state index contributed by atoms with van der Waals surface area (Å²) in [5, 5.41) is 0. The van der Waals surface area contributed by atoms with E-state index in [1.165, 1.54) is 6.08 Å². The molecule has 0 saturated heterocycles. The molecule has 1 unspecified atom stereocenters. The molecular formula is C9H12O2. The first-order valence-electron chi connectivity index (χ1n) is 3.82. The molecule has 0 N–H and O–H groups in total. The zero-order valence-corrected chi connectivity index (χ0v) is 6.45. The molecule has 0 heterocycles. The van der Waals surface area contributed by atoms with E-state index < -0.39 is 0 Å². The van der Waals surface area contributed by atoms with Gasteiger partial charge in [-0.05, 0) is 25.3 Å². The first kappa shape index (κ1) is 8.05. The fourth-order valence-electron chi connectivity index (χ4n) is 1.08. The lowest BCUT2D eigenvalue weighted by molar-refractivity contribution is -0.141. The number of rotatable bonds is 2. The van der Waals surface area contributed by atoms with Crippen LogP contribution in [0.1, 0.15) is 19.3 Å². The van der Waals surface area contributed by atoms with Crippen LogP contribution in [0, 0.1) is 0 Å². The maximum atomic E-state index is 10.7. The van der Waals surface area contributed by atoms with Gasteiger partial charge in [0.15, 0.2) is 0 Å². The van der Waals surface area contributed by atoms with Crippen molar-refractivity contribution in [2.75, 3.05) is 0 Å². The summed E-state index contributed by atoms with van der Waals surface area (Å²) in [6.45, 7) is 3.33. The van der Waals surface area contributed by atoms with Crippen LogP contribution in [0.5, 0.6) is 0 Å². The lowest BCUT2D eigenvalue weighted by Crippen LogP contribution is -2.15. The number of esters is 1. The van der Waals surface area contributed by atoms with Gasteiger partial charge < -0.3 is 4.74 Å². The van der Waals surface area contributed by atoms with Gasteiger partial charge in [-0.2, -0.15) is 0 Å². The van der Waals surface area contributed by atoms with E-state index in [1.54, 1.807) is 0 Å². The Hall–Kier alpha value is -1.05. The first-order valence-corrected chi connectivity index (χ1v) is 3.82. The van der Waals surface area contributed by atoms with Crippen LogP contribution in [0.4, 0.5) is 0 Å². The summed E-state index contributed by atoms with van der Waals surface area (Å²) in [5.41, 5.74) is 0. The third-order valence-electron chi connectivity index (χ3n) is 1.64. The minimum Gasteiger partial charge on any atom is -0.455 e. The second kappa shape index (κ2) is 3.96. The summed E-state index contributed by atoms with van der Waals surface area (Å²) >= 11 is 0. The van der Waals surface area contributed by atoms with E-state index in [-0.39, 0.29) is 12.1 Å². The van der Waals surface area contributed by atoms with Gasteiger partial charge in [-0.1, -0.05) is 12.7 Å². The highest BCUT2D eigenvalue weighted by Crippen LogP contribution is 2.13. The van der Waals surface area contributed by atoms with Gasteiger partial charge in [-0.25, -0.2) is 4.79 Å². The minimum absolute atomic E-state index is 0.0192. The molecule has 0 saturated carbocycles. The summed E-state index contributed by atoms with van der Waals surface area (Å²) in [5.74, 6) is -0.332. The fourth-order valence-corrected chi connectivity index (χ4v) is 1.08. The van der Waals surface area contributed by atoms with Gasteiger partial charge in [-0.3, -0.25) is 0 Å². The SMILES string of the molecule is C=CC(=O)OC1C=CCCC1. The number of allylic oxidation sites excluding steroid dienone is 1. The van der Waals surface area contributed by atoms with Crippen LogP contribution in [0.15, 0.2) is 24.8 Å². The highest BCUT2D eigenvalue weighted by atomic mass is 16.5. The highest BCUT2D eigenvalue weighted by molar-refractivity contribution is 5.81. The maximum absolute atomic E-state index is 10.7. The lowest BCUT2D eigenvalue weighted by atomic mass is 10.1. The maximum Gasteiger partial charge on any atom is 0.330 e. The van der Waals surface area contributed by atoms with Crippen molar-refractivity contribution >= 4 is 5.97 Å². The molecule has 0 bridgehead atoms. The van der Waals surface area contributed by atoms with Gasteiger partial charge in [0.25, 0.3) is 0 Å². The molecule has 2 nitrogen and oxygen atoms in total. The number of hydrogen-bond acceptors (Lipinski definition) is 2. The Labute approximate surface area is 66.5 Å². The zero-order chi connectivity index (χ0) is 8.10. The van der Waals surface area contributed by atoms with Crippen LogP contribution >= 0.6 is 0 Å². The average Bonchev–Trinajstić information content (AvgIpc) is 2.06. The molecule has 1 aliphatic carbocycles. The lowest BCUT2D eigenvalue weighted by Gasteiger charge is -2.15. The van der Waals surface area contributed by atoms with Gasteiger partial charge in [-0.15, -0.1) is 0 Å². The van der Waals surface area contributed by atoms with Crippen molar-refractivity contribution < 1.29 is 9.53 Å². The molecule has 0 spiro atoms. The Balaban J connectivity index is 2.35. The van der Waals surface area contributed by atoms with Crippen molar-refractivity contribution in [3.8, 4) is 0 Å². The topological polar surface area (TPSA) is 26.3 Å². The molecule has 0 aromatic heterocycles. The first-order chi connectivity index (χ1) is 5.33. The van der Waals surface area contributed by atoms with Gasteiger partial charge in [0.05, 0.1) is 0 Å². The molecule has 60 valence electrons. The highest BCUT2D eigenvalue weighted by Gasteiger charge is 2.10. The Bertz CT molecular complexity index is 182. The molecule has 0 radical (unpaired) electrons. The fraction of sp³-hybridized carbons (Fsp3) is 0.444. The van der Waals surface area contributed by atoms with Crippen molar-refractivity contribution in [2.45, 2.75) is 25.4 Å². The molecule has 0 amide bonds. The summed E-state index contributed by atoms with van der Waals surface area (Å²) in [6.07, 6.45) is 8.30. The van der Waals surface area contributed by atoms with E-state index in [9.17, 15) is 4.79 Å². The van der Waals surface area contributed by atoms with Crippen molar-refractivity contribution in [1.29, 1.82) is 0 Å². The zero-order valence-electron chi connectivity index (χ0n) is 6.45. The van der Waals surface area contributed by atoms with Crippen LogP contribution in [0.2, 0.25) is 0 Å². The third kappa shape index (κ3) is 2.58. The summed E-state index contributed by atoms with van der Waals surface area (Å²) in [7, 11) is 0. The minimum atomic E-state index is -0.332. The van der Waals surface area contributed by atoms with E-state index in [1.807, 2.05) is 12.2 Å². The summed E-state index contributed by atoms with van der Waals surface area (Å²) in [6, 6.07) is 0. The number of carbonyl (C=O) groups excluding carboxylic acids is 1. The second-order valence-corrected chi connectivity index (χ2v) is 2.54. The van der Waals surface area contributed by atoms with Gasteiger partial charge >= 0.3 is 5.97 Å². The Morgan fingerprint density at radius 3 is 3.09 bits per heavy atom. The number of hydrogen-bond donors (Lipinski definition) is 0. The molecule has 1 rings (SSSR count). The van der Waals surface area contributed by atoms with Crippen molar-refractivity contribution in [1.82, 2.24) is 0 Å². The molecule has 11 heavy (non-hydrogen) atoms. The van der Waals surface area contributed by atoms with E-state index in [4.69, 9.17) is 4.74 Å². The standard InChI is InChI=1S/C9H12O2/c1-2-9(10)11-8-6-4-3-5-7-8/h2,4,6,8H,1,3,5,7H2. The summed E-state index contributed by atoms with van der Waals surface area (Å²) in [4.78, 5) is 10.7. The Morgan fingerprint density at radius 2 is 2.55 bits per heavy atom. The number of ether oxygens (including phenoxy) is 1. The van der Waals surface area contributed by atoms with E-state index in [0.29, 0.717) is 0 Å². The van der Waals surface area contributed by atoms with Crippen LogP contribution in [-0.2, 0) is 9.53 Å². The smallest absolute Gasteiger partial charge is 0.330 e.